The number of nitrogens with zero attached hydrogens (tertiary/aromatic N) is 2. The normalized spacial score (nSPS) is 19.4. The van der Waals surface area contributed by atoms with E-state index in [2.05, 4.69) is 0 Å². The molecule has 5 nitrogen and oxygen atoms in total. The topological polar surface area (TPSA) is 60.9 Å². The highest BCUT2D eigenvalue weighted by molar-refractivity contribution is 5.78. The molecule has 0 radical (unpaired) electrons. The second-order valence-electron chi connectivity index (χ2n) is 4.87. The van der Waals surface area contributed by atoms with Crippen LogP contribution in [0.15, 0.2) is 0 Å². The van der Waals surface area contributed by atoms with Crippen molar-refractivity contribution in [3.05, 3.63) is 0 Å². The molecule has 1 saturated heterocycles. The molecule has 1 aliphatic heterocycles. The summed E-state index contributed by atoms with van der Waals surface area (Å²) in [7, 11) is 1.80. The van der Waals surface area contributed by atoms with Crippen LogP contribution in [-0.4, -0.2) is 59.5 Å². The predicted octanol–water partition coefficient (Wildman–Crippen LogP) is 0.650. The first-order valence-electron chi connectivity index (χ1n) is 6.14. The SMILES string of the molecule is CC(C(=O)O)C(C)N(C)CC(=O)N1CCCC1. The van der Waals surface area contributed by atoms with Gasteiger partial charge in [0, 0.05) is 19.1 Å². The number of rotatable bonds is 5. The van der Waals surface area contributed by atoms with Crippen molar-refractivity contribution in [1.29, 1.82) is 0 Å². The van der Waals surface area contributed by atoms with Gasteiger partial charge in [0.15, 0.2) is 0 Å². The minimum Gasteiger partial charge on any atom is -0.481 e. The third-order valence-corrected chi connectivity index (χ3v) is 3.65. The third kappa shape index (κ3) is 3.70. The van der Waals surface area contributed by atoms with Gasteiger partial charge in [0.2, 0.25) is 5.91 Å². The number of hydrogen-bond donors (Lipinski definition) is 1. The average molecular weight is 242 g/mol. The molecule has 2 unspecified atom stereocenters. The number of aliphatic carboxylic acids is 1. The maximum Gasteiger partial charge on any atom is 0.307 e. The molecule has 0 aromatic carbocycles. The van der Waals surface area contributed by atoms with E-state index in [9.17, 15) is 9.59 Å². The van der Waals surface area contributed by atoms with Gasteiger partial charge < -0.3 is 10.0 Å². The van der Waals surface area contributed by atoms with E-state index in [-0.39, 0.29) is 11.9 Å². The Labute approximate surface area is 102 Å². The fraction of sp³-hybridized carbons (Fsp3) is 0.833. The summed E-state index contributed by atoms with van der Waals surface area (Å²) in [6.07, 6.45) is 2.16. The van der Waals surface area contributed by atoms with Crippen LogP contribution >= 0.6 is 0 Å². The number of carbonyl (C=O) groups is 2. The second-order valence-corrected chi connectivity index (χ2v) is 4.87. The Hall–Kier alpha value is -1.10. The summed E-state index contributed by atoms with van der Waals surface area (Å²) in [6.45, 7) is 5.50. The van der Waals surface area contributed by atoms with Crippen molar-refractivity contribution < 1.29 is 14.7 Å². The Balaban J connectivity index is 2.44. The molecule has 1 heterocycles. The van der Waals surface area contributed by atoms with E-state index < -0.39 is 11.9 Å². The number of likely N-dealkylation sites (tertiary alicyclic amines) is 1. The molecule has 98 valence electrons. The summed E-state index contributed by atoms with van der Waals surface area (Å²) in [5.74, 6) is -1.18. The summed E-state index contributed by atoms with van der Waals surface area (Å²) >= 11 is 0. The first-order valence-corrected chi connectivity index (χ1v) is 6.14. The van der Waals surface area contributed by atoms with E-state index in [1.807, 2.05) is 16.7 Å². The Kier molecular flexibility index (Phi) is 4.93. The molecule has 5 heteroatoms. The quantitative estimate of drug-likeness (QED) is 0.769. The molecule has 0 saturated carbocycles. The van der Waals surface area contributed by atoms with Crippen LogP contribution in [0, 0.1) is 5.92 Å². The zero-order valence-corrected chi connectivity index (χ0v) is 10.8. The molecule has 2 atom stereocenters. The third-order valence-electron chi connectivity index (χ3n) is 3.65. The molecule has 1 fully saturated rings. The Morgan fingerprint density at radius 2 is 1.82 bits per heavy atom. The maximum atomic E-state index is 11.9. The van der Waals surface area contributed by atoms with Crippen LogP contribution in [0.1, 0.15) is 26.7 Å². The van der Waals surface area contributed by atoms with E-state index in [0.29, 0.717) is 6.54 Å². The van der Waals surface area contributed by atoms with Crippen LogP contribution in [0.3, 0.4) is 0 Å². The number of hydrogen-bond acceptors (Lipinski definition) is 3. The molecule has 0 spiro atoms. The molecule has 17 heavy (non-hydrogen) atoms. The summed E-state index contributed by atoms with van der Waals surface area (Å²) in [5, 5.41) is 8.92. The van der Waals surface area contributed by atoms with Crippen LogP contribution in [0.2, 0.25) is 0 Å². The van der Waals surface area contributed by atoms with Gasteiger partial charge in [-0.3, -0.25) is 14.5 Å². The zero-order valence-electron chi connectivity index (χ0n) is 10.8. The second kappa shape index (κ2) is 6.00. The van der Waals surface area contributed by atoms with E-state index in [1.165, 1.54) is 0 Å². The van der Waals surface area contributed by atoms with E-state index in [4.69, 9.17) is 5.11 Å². The Bertz CT molecular complexity index is 287. The van der Waals surface area contributed by atoms with Crippen molar-refractivity contribution >= 4 is 11.9 Å². The largest absolute Gasteiger partial charge is 0.481 e. The summed E-state index contributed by atoms with van der Waals surface area (Å²) in [5.41, 5.74) is 0. The van der Waals surface area contributed by atoms with Gasteiger partial charge in [0.05, 0.1) is 12.5 Å². The molecule has 1 amide bonds. The van der Waals surface area contributed by atoms with Crippen LogP contribution in [0.5, 0.6) is 0 Å². The smallest absolute Gasteiger partial charge is 0.307 e. The van der Waals surface area contributed by atoms with Crippen molar-refractivity contribution in [2.45, 2.75) is 32.7 Å². The first kappa shape index (κ1) is 14.0. The number of carboxylic acids is 1. The Morgan fingerprint density at radius 3 is 2.29 bits per heavy atom. The van der Waals surface area contributed by atoms with Gasteiger partial charge in [-0.2, -0.15) is 0 Å². The zero-order chi connectivity index (χ0) is 13.0. The molecule has 1 N–H and O–H groups in total. The number of carbonyl (C=O) groups excluding carboxylic acids is 1. The van der Waals surface area contributed by atoms with Gasteiger partial charge in [-0.05, 0) is 26.8 Å². The lowest BCUT2D eigenvalue weighted by atomic mass is 10.0. The van der Waals surface area contributed by atoms with Crippen LogP contribution in [0.4, 0.5) is 0 Å². The fourth-order valence-corrected chi connectivity index (χ4v) is 2.01. The van der Waals surface area contributed by atoms with Crippen molar-refractivity contribution in [1.82, 2.24) is 9.80 Å². The number of carboxylic acid groups (broad SMARTS) is 1. The standard InChI is InChI=1S/C12H22N2O3/c1-9(12(16)17)10(2)13(3)8-11(15)14-6-4-5-7-14/h9-10H,4-8H2,1-3H3,(H,16,17). The maximum absolute atomic E-state index is 11.9. The molecule has 1 rings (SSSR count). The summed E-state index contributed by atoms with van der Waals surface area (Å²) in [4.78, 5) is 26.4. The van der Waals surface area contributed by atoms with Crippen molar-refractivity contribution in [2.24, 2.45) is 5.92 Å². The lowest BCUT2D eigenvalue weighted by molar-refractivity contribution is -0.144. The fourth-order valence-electron chi connectivity index (χ4n) is 2.01. The molecular formula is C12H22N2O3. The first-order chi connectivity index (χ1) is 7.93. The van der Waals surface area contributed by atoms with Crippen molar-refractivity contribution in [2.75, 3.05) is 26.7 Å². The minimum absolute atomic E-state index is 0.106. The molecule has 0 bridgehead atoms. The van der Waals surface area contributed by atoms with Gasteiger partial charge in [-0.1, -0.05) is 6.92 Å². The molecule has 0 aliphatic carbocycles. The van der Waals surface area contributed by atoms with Gasteiger partial charge in [0.1, 0.15) is 0 Å². The van der Waals surface area contributed by atoms with Crippen LogP contribution < -0.4 is 0 Å². The number of likely N-dealkylation sites (N-methyl/N-ethyl adjacent to an activating group) is 1. The van der Waals surface area contributed by atoms with E-state index in [0.717, 1.165) is 25.9 Å². The highest BCUT2D eigenvalue weighted by atomic mass is 16.4. The average Bonchev–Trinajstić information content (AvgIpc) is 2.80. The Morgan fingerprint density at radius 1 is 1.29 bits per heavy atom. The summed E-state index contributed by atoms with van der Waals surface area (Å²) in [6, 6.07) is -0.140. The highest BCUT2D eigenvalue weighted by Crippen LogP contribution is 2.12. The van der Waals surface area contributed by atoms with Gasteiger partial charge in [-0.15, -0.1) is 0 Å². The number of amides is 1. The van der Waals surface area contributed by atoms with Gasteiger partial charge in [-0.25, -0.2) is 0 Å². The monoisotopic (exact) mass is 242 g/mol. The predicted molar refractivity (Wildman–Crippen MR) is 64.7 cm³/mol. The minimum atomic E-state index is -0.821. The molecule has 1 aliphatic rings. The highest BCUT2D eigenvalue weighted by Gasteiger charge is 2.26. The summed E-state index contributed by atoms with van der Waals surface area (Å²) < 4.78 is 0. The van der Waals surface area contributed by atoms with E-state index in [1.54, 1.807) is 14.0 Å². The van der Waals surface area contributed by atoms with E-state index >= 15 is 0 Å². The molecular weight excluding hydrogens is 220 g/mol. The van der Waals surface area contributed by atoms with Crippen LogP contribution in [0.25, 0.3) is 0 Å². The lowest BCUT2D eigenvalue weighted by Gasteiger charge is -2.28. The van der Waals surface area contributed by atoms with Gasteiger partial charge in [0.25, 0.3) is 0 Å². The molecule has 0 aromatic heterocycles. The van der Waals surface area contributed by atoms with Gasteiger partial charge >= 0.3 is 5.97 Å². The molecule has 0 aromatic rings. The lowest BCUT2D eigenvalue weighted by Crippen LogP contribution is -2.44. The van der Waals surface area contributed by atoms with Crippen LogP contribution in [-0.2, 0) is 9.59 Å². The van der Waals surface area contributed by atoms with Crippen molar-refractivity contribution in [3.63, 3.8) is 0 Å². The van der Waals surface area contributed by atoms with Crippen molar-refractivity contribution in [3.8, 4) is 0 Å².